The van der Waals surface area contributed by atoms with E-state index in [0.29, 0.717) is 22.0 Å². The van der Waals surface area contributed by atoms with E-state index in [1.807, 2.05) is 0 Å². The smallest absolute Gasteiger partial charge is 0.334 e. The molecule has 5 nitrogen and oxygen atoms in total. The first-order valence-corrected chi connectivity index (χ1v) is 7.16. The van der Waals surface area contributed by atoms with E-state index >= 15 is 0 Å². The second kappa shape index (κ2) is 6.32. The molecule has 2 rings (SSSR count). The van der Waals surface area contributed by atoms with Crippen molar-refractivity contribution in [2.45, 2.75) is 26.2 Å². The second-order valence-corrected chi connectivity index (χ2v) is 5.67. The molecular weight excluding hydrogens is 306 g/mol. The van der Waals surface area contributed by atoms with E-state index in [-0.39, 0.29) is 12.0 Å². The third kappa shape index (κ3) is 3.04. The number of carboxylic acid groups (broad SMARTS) is 2. The van der Waals surface area contributed by atoms with Gasteiger partial charge in [-0.05, 0) is 25.5 Å². The number of halogens is 1. The summed E-state index contributed by atoms with van der Waals surface area (Å²) in [5, 5.41) is 19.1. The summed E-state index contributed by atoms with van der Waals surface area (Å²) in [6.07, 6.45) is -0.199. The lowest BCUT2D eigenvalue weighted by Crippen LogP contribution is -2.31. The molecule has 1 heterocycles. The SMILES string of the molecule is CC1=NC(C)=C(C(=O)O)C(c2ccccc2Cl)C1CC(=O)O. The number of nitrogens with zero attached hydrogens (tertiary/aromatic N) is 1. The number of allylic oxidation sites excluding steroid dienone is 1. The van der Waals surface area contributed by atoms with Crippen LogP contribution < -0.4 is 0 Å². The number of hydrogen-bond donors (Lipinski definition) is 2. The molecule has 22 heavy (non-hydrogen) atoms. The van der Waals surface area contributed by atoms with Gasteiger partial charge in [0.25, 0.3) is 0 Å². The first kappa shape index (κ1) is 16.2. The van der Waals surface area contributed by atoms with Crippen LogP contribution in [0, 0.1) is 5.92 Å². The highest BCUT2D eigenvalue weighted by Crippen LogP contribution is 2.42. The first-order valence-electron chi connectivity index (χ1n) is 6.78. The third-order valence-corrected chi connectivity index (χ3v) is 4.19. The molecule has 2 N–H and O–H groups in total. The van der Waals surface area contributed by atoms with Crippen molar-refractivity contribution in [3.05, 3.63) is 46.1 Å². The molecule has 0 spiro atoms. The van der Waals surface area contributed by atoms with E-state index in [2.05, 4.69) is 4.99 Å². The Morgan fingerprint density at radius 3 is 2.41 bits per heavy atom. The molecule has 0 saturated heterocycles. The standard InChI is InChI=1S/C16H16ClNO4/c1-8-11(7-13(19)20)15(10-5-3-4-6-12(10)17)14(16(21)22)9(2)18-8/h3-6,11,15H,7H2,1-2H3,(H,19,20)(H,21,22). The third-order valence-electron chi connectivity index (χ3n) is 3.85. The summed E-state index contributed by atoms with van der Waals surface area (Å²) in [6, 6.07) is 6.91. The predicted molar refractivity (Wildman–Crippen MR) is 83.4 cm³/mol. The summed E-state index contributed by atoms with van der Waals surface area (Å²) in [4.78, 5) is 27.1. The summed E-state index contributed by atoms with van der Waals surface area (Å²) in [5.41, 5.74) is 1.71. The molecule has 0 fully saturated rings. The molecule has 0 radical (unpaired) electrons. The normalized spacial score (nSPS) is 21.5. The lowest BCUT2D eigenvalue weighted by molar-refractivity contribution is -0.138. The molecule has 2 unspecified atom stereocenters. The molecule has 0 saturated carbocycles. The van der Waals surface area contributed by atoms with Crippen molar-refractivity contribution in [2.24, 2.45) is 10.9 Å². The zero-order valence-electron chi connectivity index (χ0n) is 12.2. The van der Waals surface area contributed by atoms with Gasteiger partial charge >= 0.3 is 11.9 Å². The van der Waals surface area contributed by atoms with Gasteiger partial charge < -0.3 is 10.2 Å². The van der Waals surface area contributed by atoms with Crippen molar-refractivity contribution in [1.29, 1.82) is 0 Å². The van der Waals surface area contributed by atoms with Gasteiger partial charge in [0.2, 0.25) is 0 Å². The van der Waals surface area contributed by atoms with Gasteiger partial charge in [-0.25, -0.2) is 4.79 Å². The van der Waals surface area contributed by atoms with E-state index in [0.717, 1.165) is 0 Å². The lowest BCUT2D eigenvalue weighted by atomic mass is 9.74. The zero-order chi connectivity index (χ0) is 16.4. The molecule has 1 aliphatic heterocycles. The predicted octanol–water partition coefficient (Wildman–Crippen LogP) is 3.35. The Morgan fingerprint density at radius 2 is 1.86 bits per heavy atom. The zero-order valence-corrected chi connectivity index (χ0v) is 13.0. The Kier molecular flexibility index (Phi) is 4.66. The van der Waals surface area contributed by atoms with Crippen LogP contribution in [0.5, 0.6) is 0 Å². The monoisotopic (exact) mass is 321 g/mol. The van der Waals surface area contributed by atoms with Crippen LogP contribution in [0.15, 0.2) is 40.5 Å². The fourth-order valence-corrected chi connectivity index (χ4v) is 3.17. The summed E-state index contributed by atoms with van der Waals surface area (Å²) >= 11 is 6.22. The molecule has 6 heteroatoms. The number of aliphatic imine (C=N–C) groups is 1. The maximum atomic E-state index is 11.7. The number of aliphatic carboxylic acids is 2. The minimum absolute atomic E-state index is 0.102. The van der Waals surface area contributed by atoms with E-state index in [4.69, 9.17) is 16.7 Å². The van der Waals surface area contributed by atoms with Crippen LogP contribution in [0.1, 0.15) is 31.7 Å². The fraction of sp³-hybridized carbons (Fsp3) is 0.312. The first-order chi connectivity index (χ1) is 10.3. The molecule has 0 amide bonds. The topological polar surface area (TPSA) is 87.0 Å². The number of hydrogen-bond acceptors (Lipinski definition) is 3. The Hall–Kier alpha value is -2.14. The summed E-state index contributed by atoms with van der Waals surface area (Å²) < 4.78 is 0. The van der Waals surface area contributed by atoms with Crippen LogP contribution in [0.4, 0.5) is 0 Å². The van der Waals surface area contributed by atoms with Crippen LogP contribution in [0.3, 0.4) is 0 Å². The van der Waals surface area contributed by atoms with Crippen LogP contribution in [-0.2, 0) is 9.59 Å². The van der Waals surface area contributed by atoms with Gasteiger partial charge in [-0.3, -0.25) is 9.79 Å². The van der Waals surface area contributed by atoms with Gasteiger partial charge in [0.15, 0.2) is 0 Å². The number of carboxylic acids is 2. The summed E-state index contributed by atoms with van der Waals surface area (Å²) in [5.74, 6) is -3.26. The summed E-state index contributed by atoms with van der Waals surface area (Å²) in [7, 11) is 0. The lowest BCUT2D eigenvalue weighted by Gasteiger charge is -2.32. The molecule has 0 aromatic heterocycles. The van der Waals surface area contributed by atoms with Gasteiger partial charge in [0.05, 0.1) is 12.0 Å². The second-order valence-electron chi connectivity index (χ2n) is 5.26. The largest absolute Gasteiger partial charge is 0.481 e. The van der Waals surface area contributed by atoms with Crippen LogP contribution in [0.2, 0.25) is 5.02 Å². The number of benzene rings is 1. The quantitative estimate of drug-likeness (QED) is 0.890. The van der Waals surface area contributed by atoms with Crippen LogP contribution in [-0.4, -0.2) is 27.9 Å². The number of carbonyl (C=O) groups is 2. The van der Waals surface area contributed by atoms with Gasteiger partial charge in [0, 0.05) is 28.3 Å². The average molecular weight is 322 g/mol. The van der Waals surface area contributed by atoms with E-state index < -0.39 is 23.8 Å². The van der Waals surface area contributed by atoms with Crippen molar-refractivity contribution in [3.63, 3.8) is 0 Å². The maximum Gasteiger partial charge on any atom is 0.334 e. The highest BCUT2D eigenvalue weighted by Gasteiger charge is 2.38. The molecule has 1 aromatic carbocycles. The van der Waals surface area contributed by atoms with Crippen LogP contribution in [0.25, 0.3) is 0 Å². The molecule has 0 bridgehead atoms. The molecule has 1 aromatic rings. The fourth-order valence-electron chi connectivity index (χ4n) is 2.92. The molecule has 116 valence electrons. The highest BCUT2D eigenvalue weighted by atomic mass is 35.5. The van der Waals surface area contributed by atoms with Crippen molar-refractivity contribution < 1.29 is 19.8 Å². The molecular formula is C16H16ClNO4. The minimum atomic E-state index is -1.10. The maximum absolute atomic E-state index is 11.7. The molecule has 0 aliphatic carbocycles. The van der Waals surface area contributed by atoms with Gasteiger partial charge in [0.1, 0.15) is 0 Å². The van der Waals surface area contributed by atoms with Crippen molar-refractivity contribution in [1.82, 2.24) is 0 Å². The Balaban J connectivity index is 2.65. The van der Waals surface area contributed by atoms with Gasteiger partial charge in [-0.2, -0.15) is 0 Å². The van der Waals surface area contributed by atoms with Crippen LogP contribution >= 0.6 is 11.6 Å². The Morgan fingerprint density at radius 1 is 1.23 bits per heavy atom. The van der Waals surface area contributed by atoms with Crippen molar-refractivity contribution >= 4 is 29.3 Å². The molecule has 2 atom stereocenters. The van der Waals surface area contributed by atoms with E-state index in [1.165, 1.54) is 0 Å². The van der Waals surface area contributed by atoms with E-state index in [1.54, 1.807) is 38.1 Å². The highest BCUT2D eigenvalue weighted by molar-refractivity contribution is 6.31. The van der Waals surface area contributed by atoms with Gasteiger partial charge in [-0.1, -0.05) is 29.8 Å². The summed E-state index contributed by atoms with van der Waals surface area (Å²) in [6.45, 7) is 3.34. The Bertz CT molecular complexity index is 693. The van der Waals surface area contributed by atoms with Crippen molar-refractivity contribution in [3.8, 4) is 0 Å². The number of rotatable bonds is 4. The average Bonchev–Trinajstić information content (AvgIpc) is 2.41. The van der Waals surface area contributed by atoms with E-state index in [9.17, 15) is 14.7 Å². The van der Waals surface area contributed by atoms with Crippen molar-refractivity contribution in [2.75, 3.05) is 0 Å². The minimum Gasteiger partial charge on any atom is -0.481 e. The van der Waals surface area contributed by atoms with Gasteiger partial charge in [-0.15, -0.1) is 0 Å². The molecule has 1 aliphatic rings. The Labute approximate surface area is 132 Å².